The molecule has 2 N–H and O–H groups in total. The molecule has 1 fully saturated rings. The number of nitrogens with one attached hydrogen (secondary N) is 2. The number of carbonyl (C=O) groups is 1. The molecule has 0 bridgehead atoms. The smallest absolute Gasteiger partial charge is 0.260 e. The van der Waals surface area contributed by atoms with Crippen LogP contribution < -0.4 is 10.9 Å². The van der Waals surface area contributed by atoms with Gasteiger partial charge in [-0.25, -0.2) is 0 Å². The number of aromatic nitrogens is 1. The number of amides is 1. The predicted molar refractivity (Wildman–Crippen MR) is 83.9 cm³/mol. The molecule has 0 spiro atoms. The van der Waals surface area contributed by atoms with E-state index in [1.165, 1.54) is 25.1 Å². The molecule has 21 heavy (non-hydrogen) atoms. The van der Waals surface area contributed by atoms with Gasteiger partial charge in [0.2, 0.25) is 0 Å². The van der Waals surface area contributed by atoms with Crippen molar-refractivity contribution in [3.8, 4) is 0 Å². The summed E-state index contributed by atoms with van der Waals surface area (Å²) in [7, 11) is 2.09. The molecule has 1 saturated carbocycles. The molecule has 1 aliphatic carbocycles. The number of pyridine rings is 1. The lowest BCUT2D eigenvalue weighted by Gasteiger charge is -2.38. The Labute approximate surface area is 129 Å². The molecule has 2 rings (SSSR count). The Hall–Kier alpha value is -1.33. The van der Waals surface area contributed by atoms with Crippen molar-refractivity contribution in [2.45, 2.75) is 38.1 Å². The van der Waals surface area contributed by atoms with Crippen molar-refractivity contribution in [3.05, 3.63) is 33.2 Å². The van der Waals surface area contributed by atoms with E-state index >= 15 is 0 Å². The molecule has 0 radical (unpaired) electrons. The number of aromatic amines is 1. The molecule has 0 atom stereocenters. The molecule has 0 aliphatic heterocycles. The van der Waals surface area contributed by atoms with Crippen molar-refractivity contribution in [3.63, 3.8) is 0 Å². The largest absolute Gasteiger partial charge is 0.350 e. The minimum Gasteiger partial charge on any atom is -0.350 e. The van der Waals surface area contributed by atoms with Crippen LogP contribution in [0.5, 0.6) is 0 Å². The lowest BCUT2D eigenvalue weighted by atomic mass is 9.95. The second-order valence-electron chi connectivity index (χ2n) is 5.69. The van der Waals surface area contributed by atoms with Crippen LogP contribution in [0.4, 0.5) is 0 Å². The summed E-state index contributed by atoms with van der Waals surface area (Å²) in [6.07, 6.45) is 5.88. The summed E-state index contributed by atoms with van der Waals surface area (Å²) in [6, 6.07) is 1.40. The molecule has 116 valence electrons. The molecule has 1 heterocycles. The number of hydrogen-bond acceptors (Lipinski definition) is 3. The minimum atomic E-state index is -0.416. The van der Waals surface area contributed by atoms with E-state index in [2.05, 4.69) is 29.2 Å². The molecule has 0 unspecified atom stereocenters. The lowest BCUT2D eigenvalue weighted by molar-refractivity contribution is 0.0873. The van der Waals surface area contributed by atoms with Gasteiger partial charge in [0.1, 0.15) is 5.56 Å². The predicted octanol–water partition coefficient (Wildman–Crippen LogP) is 2.02. The van der Waals surface area contributed by atoms with Crippen LogP contribution in [-0.2, 0) is 0 Å². The van der Waals surface area contributed by atoms with E-state index in [0.717, 1.165) is 19.4 Å². The Kier molecular flexibility index (Phi) is 5.06. The summed E-state index contributed by atoms with van der Waals surface area (Å²) < 4.78 is 0. The van der Waals surface area contributed by atoms with Gasteiger partial charge in [0, 0.05) is 18.3 Å². The van der Waals surface area contributed by atoms with Gasteiger partial charge in [-0.1, -0.05) is 31.4 Å². The van der Waals surface area contributed by atoms with Crippen LogP contribution in [0.15, 0.2) is 17.1 Å². The third-order valence-electron chi connectivity index (χ3n) is 4.51. The van der Waals surface area contributed by atoms with Crippen LogP contribution in [0.2, 0.25) is 5.02 Å². The van der Waals surface area contributed by atoms with Gasteiger partial charge in [0.15, 0.2) is 0 Å². The quantitative estimate of drug-likeness (QED) is 0.874. The Morgan fingerprint density at radius 3 is 2.76 bits per heavy atom. The summed E-state index contributed by atoms with van der Waals surface area (Å²) in [5, 5.41) is 3.25. The van der Waals surface area contributed by atoms with E-state index in [4.69, 9.17) is 11.6 Å². The fourth-order valence-electron chi connectivity index (χ4n) is 3.03. The third kappa shape index (κ3) is 3.47. The molecule has 6 heteroatoms. The third-order valence-corrected chi connectivity index (χ3v) is 4.73. The van der Waals surface area contributed by atoms with Crippen molar-refractivity contribution < 1.29 is 4.79 Å². The SMILES string of the molecule is CCN(C)C1(CNC(=O)c2cc(Cl)c[nH]c2=O)CCCC1. The molecule has 1 amide bonds. The van der Waals surface area contributed by atoms with E-state index in [-0.39, 0.29) is 17.0 Å². The van der Waals surface area contributed by atoms with Crippen LogP contribution in [0.3, 0.4) is 0 Å². The van der Waals surface area contributed by atoms with Gasteiger partial charge < -0.3 is 10.3 Å². The van der Waals surface area contributed by atoms with Gasteiger partial charge in [0.25, 0.3) is 11.5 Å². The second kappa shape index (κ2) is 6.62. The Morgan fingerprint density at radius 2 is 2.14 bits per heavy atom. The van der Waals surface area contributed by atoms with Crippen molar-refractivity contribution in [2.24, 2.45) is 0 Å². The maximum absolute atomic E-state index is 12.2. The highest BCUT2D eigenvalue weighted by Crippen LogP contribution is 2.33. The number of rotatable bonds is 5. The normalized spacial score (nSPS) is 17.1. The van der Waals surface area contributed by atoms with Crippen molar-refractivity contribution in [1.29, 1.82) is 0 Å². The Balaban J connectivity index is 2.09. The topological polar surface area (TPSA) is 65.2 Å². The Morgan fingerprint density at radius 1 is 1.48 bits per heavy atom. The summed E-state index contributed by atoms with van der Waals surface area (Å²) in [5.41, 5.74) is -0.341. The zero-order valence-corrected chi connectivity index (χ0v) is 13.3. The van der Waals surface area contributed by atoms with Gasteiger partial charge >= 0.3 is 0 Å². The molecule has 1 aromatic rings. The first kappa shape index (κ1) is 16.0. The first-order valence-corrected chi connectivity index (χ1v) is 7.74. The van der Waals surface area contributed by atoms with Gasteiger partial charge in [-0.15, -0.1) is 0 Å². The van der Waals surface area contributed by atoms with Crippen LogP contribution >= 0.6 is 11.6 Å². The summed E-state index contributed by atoms with van der Waals surface area (Å²) in [6.45, 7) is 3.61. The number of halogens is 1. The van der Waals surface area contributed by atoms with Crippen LogP contribution in [0.1, 0.15) is 43.0 Å². The fraction of sp³-hybridized carbons (Fsp3) is 0.600. The van der Waals surface area contributed by atoms with Crippen LogP contribution in [0.25, 0.3) is 0 Å². The molecule has 0 aromatic carbocycles. The maximum Gasteiger partial charge on any atom is 0.260 e. The molecular formula is C15H22ClN3O2. The first-order valence-electron chi connectivity index (χ1n) is 7.36. The van der Waals surface area contributed by atoms with E-state index in [1.54, 1.807) is 0 Å². The number of nitrogens with zero attached hydrogens (tertiary/aromatic N) is 1. The number of carbonyl (C=O) groups excluding carboxylic acids is 1. The molecule has 0 saturated heterocycles. The monoisotopic (exact) mass is 311 g/mol. The van der Waals surface area contributed by atoms with Crippen molar-refractivity contribution in [1.82, 2.24) is 15.2 Å². The molecule has 1 aromatic heterocycles. The second-order valence-corrected chi connectivity index (χ2v) is 6.13. The molecule has 1 aliphatic rings. The number of likely N-dealkylation sites (N-methyl/N-ethyl adjacent to an activating group) is 1. The number of hydrogen-bond donors (Lipinski definition) is 2. The zero-order valence-electron chi connectivity index (χ0n) is 12.5. The highest BCUT2D eigenvalue weighted by molar-refractivity contribution is 6.30. The van der Waals surface area contributed by atoms with Gasteiger partial charge in [0.05, 0.1) is 5.02 Å². The van der Waals surface area contributed by atoms with Crippen molar-refractivity contribution in [2.75, 3.05) is 20.1 Å². The standard InChI is InChI=1S/C15H22ClN3O2/c1-3-19(2)15(6-4-5-7-15)10-18-14(21)12-8-11(16)9-17-13(12)20/h8-9H,3-7,10H2,1-2H3,(H,17,20)(H,18,21). The first-order chi connectivity index (χ1) is 9.98. The highest BCUT2D eigenvalue weighted by atomic mass is 35.5. The minimum absolute atomic E-state index is 0.00967. The van der Waals surface area contributed by atoms with Gasteiger partial charge in [-0.3, -0.25) is 14.5 Å². The zero-order chi connectivity index (χ0) is 15.5. The van der Waals surface area contributed by atoms with E-state index in [0.29, 0.717) is 11.6 Å². The van der Waals surface area contributed by atoms with Crippen molar-refractivity contribution >= 4 is 17.5 Å². The molecular weight excluding hydrogens is 290 g/mol. The van der Waals surface area contributed by atoms with E-state index < -0.39 is 5.56 Å². The summed E-state index contributed by atoms with van der Waals surface area (Å²) >= 11 is 5.83. The lowest BCUT2D eigenvalue weighted by Crippen LogP contribution is -2.52. The number of H-pyrrole nitrogens is 1. The van der Waals surface area contributed by atoms with E-state index in [1.807, 2.05) is 0 Å². The van der Waals surface area contributed by atoms with E-state index in [9.17, 15) is 9.59 Å². The summed E-state index contributed by atoms with van der Waals surface area (Å²) in [5.74, 6) is -0.366. The van der Waals surface area contributed by atoms with Crippen LogP contribution in [0, 0.1) is 0 Å². The summed E-state index contributed by atoms with van der Waals surface area (Å²) in [4.78, 5) is 28.7. The van der Waals surface area contributed by atoms with Gasteiger partial charge in [-0.05, 0) is 32.5 Å². The average molecular weight is 312 g/mol. The Bertz CT molecular complexity index is 564. The maximum atomic E-state index is 12.2. The average Bonchev–Trinajstić information content (AvgIpc) is 2.96. The van der Waals surface area contributed by atoms with Crippen LogP contribution in [-0.4, -0.2) is 41.5 Å². The molecule has 5 nitrogen and oxygen atoms in total. The fourth-order valence-corrected chi connectivity index (χ4v) is 3.19. The van der Waals surface area contributed by atoms with Gasteiger partial charge in [-0.2, -0.15) is 0 Å². The highest BCUT2D eigenvalue weighted by Gasteiger charge is 2.37.